The lowest BCUT2D eigenvalue weighted by Crippen LogP contribution is -2.35. The Kier molecular flexibility index (Phi) is 3.52. The maximum Gasteiger partial charge on any atom is 0.153 e. The number of hydrogen-bond donors (Lipinski definition) is 1. The van der Waals surface area contributed by atoms with Gasteiger partial charge in [-0.3, -0.25) is 0 Å². The topological polar surface area (TPSA) is 46.2 Å². The Bertz CT molecular complexity index is 446. The summed E-state index contributed by atoms with van der Waals surface area (Å²) in [6.45, 7) is 0.657. The van der Waals surface area contributed by atoms with Gasteiger partial charge in [0.15, 0.2) is 9.84 Å². The summed E-state index contributed by atoms with van der Waals surface area (Å²) in [5, 5.41) is 2.88. The molecule has 0 aliphatic carbocycles. The highest BCUT2D eigenvalue weighted by atomic mass is 35.5. The van der Waals surface area contributed by atoms with Gasteiger partial charge in [-0.05, 0) is 5.56 Å². The van der Waals surface area contributed by atoms with Crippen LogP contribution in [0, 0.1) is 0 Å². The zero-order chi connectivity index (χ0) is 11.6. The van der Waals surface area contributed by atoms with E-state index in [1.807, 2.05) is 30.3 Å². The molecule has 2 atom stereocenters. The van der Waals surface area contributed by atoms with Crippen molar-refractivity contribution >= 4 is 21.4 Å². The van der Waals surface area contributed by atoms with Crippen molar-refractivity contribution in [3.8, 4) is 0 Å². The van der Waals surface area contributed by atoms with Crippen LogP contribution in [0.4, 0.5) is 0 Å². The van der Waals surface area contributed by atoms with E-state index in [0.717, 1.165) is 5.56 Å². The number of hydrogen-bond acceptors (Lipinski definition) is 3. The van der Waals surface area contributed by atoms with E-state index in [4.69, 9.17) is 11.6 Å². The first-order valence-electron chi connectivity index (χ1n) is 5.19. The predicted octanol–water partition coefficient (Wildman–Crippen LogP) is 1.18. The molecule has 2 rings (SSSR count). The van der Waals surface area contributed by atoms with Gasteiger partial charge in [-0.25, -0.2) is 8.42 Å². The summed E-state index contributed by atoms with van der Waals surface area (Å²) < 4.78 is 22.7. The van der Waals surface area contributed by atoms with Crippen LogP contribution in [-0.2, 0) is 16.4 Å². The summed E-state index contributed by atoms with van der Waals surface area (Å²) in [4.78, 5) is 0. The van der Waals surface area contributed by atoms with Crippen molar-refractivity contribution in [2.75, 3.05) is 11.5 Å². The van der Waals surface area contributed by atoms with Crippen LogP contribution in [0.1, 0.15) is 5.56 Å². The molecule has 0 saturated carbocycles. The van der Waals surface area contributed by atoms with Crippen LogP contribution in [0.3, 0.4) is 0 Å². The summed E-state index contributed by atoms with van der Waals surface area (Å²) in [7, 11) is -2.94. The van der Waals surface area contributed by atoms with Gasteiger partial charge < -0.3 is 5.32 Å². The highest BCUT2D eigenvalue weighted by molar-refractivity contribution is 7.91. The van der Waals surface area contributed by atoms with E-state index in [-0.39, 0.29) is 22.9 Å². The standard InChI is InChI=1S/C11H14ClNO2S/c12-10-7-16(14,15)8-11(10)13-6-9-4-2-1-3-5-9/h1-5,10-11,13H,6-8H2/t10-,11-/m0/s1. The fourth-order valence-electron chi connectivity index (χ4n) is 1.84. The SMILES string of the molecule is O=S1(=O)C[C@H](NCc2ccccc2)[C@@H](Cl)C1. The van der Waals surface area contributed by atoms with Crippen molar-refractivity contribution in [2.24, 2.45) is 0 Å². The molecule has 3 nitrogen and oxygen atoms in total. The third-order valence-electron chi connectivity index (χ3n) is 2.69. The number of benzene rings is 1. The van der Waals surface area contributed by atoms with Gasteiger partial charge in [0.2, 0.25) is 0 Å². The molecule has 0 spiro atoms. The Labute approximate surface area is 101 Å². The third kappa shape index (κ3) is 2.97. The lowest BCUT2D eigenvalue weighted by molar-refractivity contribution is 0.558. The third-order valence-corrected chi connectivity index (χ3v) is 5.07. The molecule has 1 aromatic rings. The molecule has 1 aliphatic rings. The molecule has 0 unspecified atom stereocenters. The maximum atomic E-state index is 11.3. The van der Waals surface area contributed by atoms with Crippen molar-refractivity contribution in [1.82, 2.24) is 5.32 Å². The van der Waals surface area contributed by atoms with Crippen LogP contribution in [0.2, 0.25) is 0 Å². The van der Waals surface area contributed by atoms with E-state index in [1.54, 1.807) is 0 Å². The molecular formula is C11H14ClNO2S. The fraction of sp³-hybridized carbons (Fsp3) is 0.455. The van der Waals surface area contributed by atoms with E-state index >= 15 is 0 Å². The second-order valence-corrected chi connectivity index (χ2v) is 6.78. The predicted molar refractivity (Wildman–Crippen MR) is 65.4 cm³/mol. The number of rotatable bonds is 3. The first-order valence-corrected chi connectivity index (χ1v) is 7.44. The molecule has 88 valence electrons. The highest BCUT2D eigenvalue weighted by Gasteiger charge is 2.35. The minimum atomic E-state index is -2.94. The lowest BCUT2D eigenvalue weighted by Gasteiger charge is -2.14. The van der Waals surface area contributed by atoms with E-state index in [1.165, 1.54) is 0 Å². The van der Waals surface area contributed by atoms with Gasteiger partial charge in [0.25, 0.3) is 0 Å². The zero-order valence-electron chi connectivity index (χ0n) is 8.77. The summed E-state index contributed by atoms with van der Waals surface area (Å²) in [5.41, 5.74) is 1.13. The molecule has 1 N–H and O–H groups in total. The normalized spacial score (nSPS) is 28.1. The Hall–Kier alpha value is -0.580. The van der Waals surface area contributed by atoms with Crippen molar-refractivity contribution < 1.29 is 8.42 Å². The van der Waals surface area contributed by atoms with Crippen LogP contribution in [-0.4, -0.2) is 31.3 Å². The molecular weight excluding hydrogens is 246 g/mol. The van der Waals surface area contributed by atoms with Crippen LogP contribution in [0.25, 0.3) is 0 Å². The minimum absolute atomic E-state index is 0.0843. The van der Waals surface area contributed by atoms with Gasteiger partial charge >= 0.3 is 0 Å². The van der Waals surface area contributed by atoms with E-state index in [0.29, 0.717) is 6.54 Å². The molecule has 1 aromatic carbocycles. The van der Waals surface area contributed by atoms with Crippen LogP contribution >= 0.6 is 11.6 Å². The highest BCUT2D eigenvalue weighted by Crippen LogP contribution is 2.18. The molecule has 1 heterocycles. The second kappa shape index (κ2) is 4.73. The van der Waals surface area contributed by atoms with Crippen molar-refractivity contribution in [3.63, 3.8) is 0 Å². The largest absolute Gasteiger partial charge is 0.307 e. The molecule has 5 heteroatoms. The van der Waals surface area contributed by atoms with E-state index in [2.05, 4.69) is 5.32 Å². The molecule has 0 bridgehead atoms. The monoisotopic (exact) mass is 259 g/mol. The number of sulfone groups is 1. The van der Waals surface area contributed by atoms with Crippen LogP contribution in [0.5, 0.6) is 0 Å². The van der Waals surface area contributed by atoms with Crippen molar-refractivity contribution in [2.45, 2.75) is 18.0 Å². The Morgan fingerprint density at radius 3 is 2.50 bits per heavy atom. The van der Waals surface area contributed by atoms with Gasteiger partial charge in [-0.1, -0.05) is 30.3 Å². The van der Waals surface area contributed by atoms with Crippen LogP contribution < -0.4 is 5.32 Å². The maximum absolute atomic E-state index is 11.3. The zero-order valence-corrected chi connectivity index (χ0v) is 10.3. The van der Waals surface area contributed by atoms with E-state index in [9.17, 15) is 8.42 Å². The number of alkyl halides is 1. The van der Waals surface area contributed by atoms with Gasteiger partial charge in [0.1, 0.15) is 0 Å². The Morgan fingerprint density at radius 2 is 1.94 bits per heavy atom. The molecule has 1 saturated heterocycles. The first kappa shape index (κ1) is 11.9. The second-order valence-electron chi connectivity index (χ2n) is 4.07. The molecule has 1 aliphatic heterocycles. The number of nitrogens with one attached hydrogen (secondary N) is 1. The summed E-state index contributed by atoms with van der Waals surface area (Å²) in [6.07, 6.45) is 0. The molecule has 1 fully saturated rings. The van der Waals surface area contributed by atoms with Gasteiger partial charge in [-0.15, -0.1) is 11.6 Å². The summed E-state index contributed by atoms with van der Waals surface area (Å²) in [5.74, 6) is 0.231. The average Bonchev–Trinajstić information content (AvgIpc) is 2.50. The van der Waals surface area contributed by atoms with Gasteiger partial charge in [0.05, 0.1) is 16.9 Å². The van der Waals surface area contributed by atoms with Crippen molar-refractivity contribution in [3.05, 3.63) is 35.9 Å². The van der Waals surface area contributed by atoms with Gasteiger partial charge in [0, 0.05) is 12.6 Å². The smallest absolute Gasteiger partial charge is 0.153 e. The Morgan fingerprint density at radius 1 is 1.25 bits per heavy atom. The van der Waals surface area contributed by atoms with Crippen LogP contribution in [0.15, 0.2) is 30.3 Å². The minimum Gasteiger partial charge on any atom is -0.307 e. The van der Waals surface area contributed by atoms with Crippen molar-refractivity contribution in [1.29, 1.82) is 0 Å². The summed E-state index contributed by atoms with van der Waals surface area (Å²) in [6, 6.07) is 9.74. The van der Waals surface area contributed by atoms with E-state index < -0.39 is 9.84 Å². The lowest BCUT2D eigenvalue weighted by atomic mass is 10.2. The first-order chi connectivity index (χ1) is 7.57. The molecule has 0 amide bonds. The number of halogens is 1. The average molecular weight is 260 g/mol. The molecule has 16 heavy (non-hydrogen) atoms. The summed E-state index contributed by atoms with van der Waals surface area (Å²) >= 11 is 5.99. The Balaban J connectivity index is 1.92. The van der Waals surface area contributed by atoms with Gasteiger partial charge in [-0.2, -0.15) is 0 Å². The molecule has 0 radical (unpaired) electrons. The molecule has 0 aromatic heterocycles. The quantitative estimate of drug-likeness (QED) is 0.830. The fourth-order valence-corrected chi connectivity index (χ4v) is 4.45.